The summed E-state index contributed by atoms with van der Waals surface area (Å²) in [4.78, 5) is 11.2. The van der Waals surface area contributed by atoms with E-state index in [1.54, 1.807) is 0 Å². The molecule has 1 saturated carbocycles. The zero-order valence-corrected chi connectivity index (χ0v) is 13.8. The molecule has 2 heterocycles. The van der Waals surface area contributed by atoms with Crippen molar-refractivity contribution in [3.63, 3.8) is 0 Å². The van der Waals surface area contributed by atoms with Crippen molar-refractivity contribution in [1.82, 2.24) is 9.97 Å². The van der Waals surface area contributed by atoms with Gasteiger partial charge in [-0.25, -0.2) is 4.98 Å². The number of nitrogen functional groups attached to an aromatic ring is 1. The smallest absolute Gasteiger partial charge is 0.222 e. The van der Waals surface area contributed by atoms with Gasteiger partial charge in [-0.2, -0.15) is 4.98 Å². The number of nitrogens with two attached hydrogens (primary N) is 2. The average molecular weight is 334 g/mol. The Morgan fingerprint density at radius 2 is 1.62 bits per heavy atom. The molecule has 2 aliphatic rings. The van der Waals surface area contributed by atoms with Crippen LogP contribution in [0.25, 0.3) is 0 Å². The summed E-state index contributed by atoms with van der Waals surface area (Å²) in [6.07, 6.45) is 7.18. The Bertz CT molecular complexity index is 443. The van der Waals surface area contributed by atoms with Crippen LogP contribution in [-0.4, -0.2) is 29.1 Å². The molecule has 7 heteroatoms. The third-order valence-electron chi connectivity index (χ3n) is 4.27. The summed E-state index contributed by atoms with van der Waals surface area (Å²) < 4.78 is 0. The van der Waals surface area contributed by atoms with Crippen LogP contribution in [0.3, 0.4) is 0 Å². The summed E-state index contributed by atoms with van der Waals surface area (Å²) >= 11 is 0. The highest BCUT2D eigenvalue weighted by atomic mass is 35.5. The molecular weight excluding hydrogens is 309 g/mol. The fourth-order valence-electron chi connectivity index (χ4n) is 3.05. The second-order valence-corrected chi connectivity index (χ2v) is 5.84. The van der Waals surface area contributed by atoms with Gasteiger partial charge in [0.25, 0.3) is 0 Å². The molecule has 0 spiro atoms. The van der Waals surface area contributed by atoms with Gasteiger partial charge in [0, 0.05) is 31.1 Å². The van der Waals surface area contributed by atoms with Crippen LogP contribution < -0.4 is 16.4 Å². The second-order valence-electron chi connectivity index (χ2n) is 5.84. The monoisotopic (exact) mass is 333 g/mol. The van der Waals surface area contributed by atoms with E-state index in [9.17, 15) is 0 Å². The quantitative estimate of drug-likeness (QED) is 0.868. The molecule has 0 aromatic carbocycles. The molecule has 0 radical (unpaired) electrons. The summed E-state index contributed by atoms with van der Waals surface area (Å²) in [6.45, 7) is 2.17. The van der Waals surface area contributed by atoms with Crippen molar-refractivity contribution in [1.29, 1.82) is 0 Å². The Hall–Kier alpha value is -0.780. The molecule has 120 valence electrons. The molecule has 1 saturated heterocycles. The van der Waals surface area contributed by atoms with E-state index in [2.05, 4.69) is 20.9 Å². The maximum absolute atomic E-state index is 5.88. The van der Waals surface area contributed by atoms with Gasteiger partial charge in [0.1, 0.15) is 5.82 Å². The highest BCUT2D eigenvalue weighted by Crippen LogP contribution is 2.36. The number of aromatic nitrogens is 2. The topological polar surface area (TPSA) is 81.1 Å². The van der Waals surface area contributed by atoms with Crippen LogP contribution in [0.4, 0.5) is 11.8 Å². The third kappa shape index (κ3) is 4.34. The number of halogens is 2. The maximum Gasteiger partial charge on any atom is 0.222 e. The molecule has 1 aromatic rings. The fraction of sp³-hybridized carbons (Fsp3) is 0.714. The first-order valence-corrected chi connectivity index (χ1v) is 7.37. The highest BCUT2D eigenvalue weighted by Gasteiger charge is 2.29. The highest BCUT2D eigenvalue weighted by molar-refractivity contribution is 5.85. The van der Waals surface area contributed by atoms with Crippen LogP contribution in [0, 0.1) is 0 Å². The molecule has 0 atom stereocenters. The van der Waals surface area contributed by atoms with Gasteiger partial charge in [-0.05, 0) is 25.7 Å². The summed E-state index contributed by atoms with van der Waals surface area (Å²) in [5.74, 6) is 1.88. The van der Waals surface area contributed by atoms with Crippen LogP contribution >= 0.6 is 24.8 Å². The number of rotatable bonds is 2. The Morgan fingerprint density at radius 1 is 1.00 bits per heavy atom. The molecule has 3 rings (SSSR count). The Balaban J connectivity index is 0.00000110. The van der Waals surface area contributed by atoms with Gasteiger partial charge in [0.05, 0.1) is 5.69 Å². The van der Waals surface area contributed by atoms with Crippen molar-refractivity contribution in [3.8, 4) is 0 Å². The summed E-state index contributed by atoms with van der Waals surface area (Å²) in [5.41, 5.74) is 12.8. The van der Waals surface area contributed by atoms with E-state index in [0.717, 1.165) is 37.4 Å². The van der Waals surface area contributed by atoms with Crippen molar-refractivity contribution in [2.75, 3.05) is 23.7 Å². The lowest BCUT2D eigenvalue weighted by Gasteiger charge is -2.32. The maximum atomic E-state index is 5.88. The molecule has 2 fully saturated rings. The predicted octanol–water partition coefficient (Wildman–Crippen LogP) is 2.49. The van der Waals surface area contributed by atoms with E-state index in [-0.39, 0.29) is 24.8 Å². The van der Waals surface area contributed by atoms with Gasteiger partial charge in [-0.1, -0.05) is 12.8 Å². The van der Waals surface area contributed by atoms with Crippen molar-refractivity contribution >= 4 is 36.6 Å². The lowest BCUT2D eigenvalue weighted by atomic mass is 9.78. The Morgan fingerprint density at radius 3 is 2.19 bits per heavy atom. The first-order valence-electron chi connectivity index (χ1n) is 7.37. The fourth-order valence-corrected chi connectivity index (χ4v) is 3.05. The zero-order valence-electron chi connectivity index (χ0n) is 12.2. The molecule has 21 heavy (non-hydrogen) atoms. The van der Waals surface area contributed by atoms with Crippen molar-refractivity contribution in [2.24, 2.45) is 5.73 Å². The van der Waals surface area contributed by atoms with Gasteiger partial charge in [-0.3, -0.25) is 0 Å². The average Bonchev–Trinajstić information content (AvgIpc) is 2.63. The van der Waals surface area contributed by atoms with E-state index < -0.39 is 0 Å². The van der Waals surface area contributed by atoms with Crippen molar-refractivity contribution in [3.05, 3.63) is 11.8 Å². The van der Waals surface area contributed by atoms with Crippen molar-refractivity contribution < 1.29 is 0 Å². The molecule has 0 unspecified atom stereocenters. The minimum Gasteiger partial charge on any atom is -0.368 e. The van der Waals surface area contributed by atoms with E-state index >= 15 is 0 Å². The number of anilines is 2. The summed E-state index contributed by atoms with van der Waals surface area (Å²) in [7, 11) is 0. The Kier molecular flexibility index (Phi) is 6.97. The van der Waals surface area contributed by atoms with E-state index in [1.807, 2.05) is 0 Å². The van der Waals surface area contributed by atoms with Gasteiger partial charge in [0.2, 0.25) is 5.95 Å². The molecule has 1 aliphatic heterocycles. The molecule has 0 amide bonds. The van der Waals surface area contributed by atoms with Gasteiger partial charge in [0.15, 0.2) is 0 Å². The van der Waals surface area contributed by atoms with Crippen LogP contribution in [0.1, 0.15) is 50.1 Å². The number of nitrogens with zero attached hydrogens (tertiary/aromatic N) is 3. The minimum absolute atomic E-state index is 0. The first-order chi connectivity index (χ1) is 9.22. The first kappa shape index (κ1) is 18.3. The third-order valence-corrected chi connectivity index (χ3v) is 4.27. The normalized spacial score (nSPS) is 25.1. The Labute approximate surface area is 138 Å². The van der Waals surface area contributed by atoms with Crippen LogP contribution in [0.2, 0.25) is 0 Å². The zero-order chi connectivity index (χ0) is 13.2. The standard InChI is InChI=1S/C14H23N5.2ClH/c15-11-7-10(8-11)12-9-13(18-14(16)17-12)19-5-3-1-2-4-6-19;;/h9-11H,1-8,15H2,(H2,16,17,18);2*1H. The van der Waals surface area contributed by atoms with E-state index in [4.69, 9.17) is 11.5 Å². The lowest BCUT2D eigenvalue weighted by Crippen LogP contribution is -2.35. The molecule has 1 aliphatic carbocycles. The molecule has 1 aromatic heterocycles. The van der Waals surface area contributed by atoms with Crippen molar-refractivity contribution in [2.45, 2.75) is 50.5 Å². The van der Waals surface area contributed by atoms with Gasteiger partial charge >= 0.3 is 0 Å². The molecule has 0 bridgehead atoms. The number of hydrogen-bond donors (Lipinski definition) is 2. The summed E-state index contributed by atoms with van der Waals surface area (Å²) in [5, 5.41) is 0. The van der Waals surface area contributed by atoms with Crippen LogP contribution in [0.15, 0.2) is 6.07 Å². The SMILES string of the molecule is Cl.Cl.Nc1nc(C2CC(N)C2)cc(N2CCCCCC2)n1. The van der Waals surface area contributed by atoms with Gasteiger partial charge < -0.3 is 16.4 Å². The number of hydrogen-bond acceptors (Lipinski definition) is 5. The van der Waals surface area contributed by atoms with Crippen LogP contribution in [-0.2, 0) is 0 Å². The predicted molar refractivity (Wildman–Crippen MR) is 91.6 cm³/mol. The molecule has 5 nitrogen and oxygen atoms in total. The lowest BCUT2D eigenvalue weighted by molar-refractivity contribution is 0.345. The molecule has 4 N–H and O–H groups in total. The van der Waals surface area contributed by atoms with Crippen LogP contribution in [0.5, 0.6) is 0 Å². The molecular formula is C14H25Cl2N5. The van der Waals surface area contributed by atoms with E-state index in [1.165, 1.54) is 25.7 Å². The van der Waals surface area contributed by atoms with E-state index in [0.29, 0.717) is 17.9 Å². The van der Waals surface area contributed by atoms with Gasteiger partial charge in [-0.15, -0.1) is 24.8 Å². The summed E-state index contributed by atoms with van der Waals surface area (Å²) in [6, 6.07) is 2.46. The minimum atomic E-state index is 0. The largest absolute Gasteiger partial charge is 0.368 e. The second kappa shape index (κ2) is 8.01.